The molecular formula is C19H15N5O2S. The Morgan fingerprint density at radius 2 is 1.96 bits per heavy atom. The molecule has 134 valence electrons. The van der Waals surface area contributed by atoms with Gasteiger partial charge in [-0.1, -0.05) is 24.3 Å². The molecule has 0 aliphatic heterocycles. The molecule has 0 atom stereocenters. The molecule has 4 aromatic rings. The molecule has 0 bridgehead atoms. The third kappa shape index (κ3) is 3.75. The summed E-state index contributed by atoms with van der Waals surface area (Å²) in [5, 5.41) is 10.7. The Morgan fingerprint density at radius 3 is 2.70 bits per heavy atom. The van der Waals surface area contributed by atoms with Crippen LogP contribution in [0.4, 0.5) is 5.13 Å². The Hall–Kier alpha value is -3.39. The van der Waals surface area contributed by atoms with Crippen molar-refractivity contribution in [3.63, 3.8) is 0 Å². The van der Waals surface area contributed by atoms with Crippen molar-refractivity contribution in [1.29, 1.82) is 0 Å². The standard InChI is InChI=1S/C19H15N5O2S/c25-17(22-19-21-8-9-27-19)12-24-18(26)15-6-2-1-5-14(15)16(23-24)10-13-4-3-7-20-11-13/h1-9,11H,10,12H2,(H,21,22,25). The molecule has 3 heterocycles. The smallest absolute Gasteiger partial charge is 0.275 e. The van der Waals surface area contributed by atoms with Crippen molar-refractivity contribution < 1.29 is 4.79 Å². The van der Waals surface area contributed by atoms with Gasteiger partial charge in [0.2, 0.25) is 5.91 Å². The number of rotatable bonds is 5. The van der Waals surface area contributed by atoms with Crippen molar-refractivity contribution in [3.8, 4) is 0 Å². The van der Waals surface area contributed by atoms with E-state index in [1.54, 1.807) is 36.1 Å². The normalized spacial score (nSPS) is 10.8. The van der Waals surface area contributed by atoms with E-state index >= 15 is 0 Å². The minimum atomic E-state index is -0.345. The Labute approximate surface area is 158 Å². The van der Waals surface area contributed by atoms with Crippen LogP contribution >= 0.6 is 11.3 Å². The molecule has 0 unspecified atom stereocenters. The summed E-state index contributed by atoms with van der Waals surface area (Å²) in [7, 11) is 0. The maximum absolute atomic E-state index is 12.8. The highest BCUT2D eigenvalue weighted by Crippen LogP contribution is 2.17. The van der Waals surface area contributed by atoms with Crippen LogP contribution in [-0.2, 0) is 17.8 Å². The first kappa shape index (κ1) is 17.0. The van der Waals surface area contributed by atoms with Crippen LogP contribution in [0.1, 0.15) is 11.3 Å². The highest BCUT2D eigenvalue weighted by atomic mass is 32.1. The lowest BCUT2D eigenvalue weighted by molar-refractivity contribution is -0.117. The highest BCUT2D eigenvalue weighted by Gasteiger charge is 2.14. The van der Waals surface area contributed by atoms with Gasteiger partial charge in [0.05, 0.1) is 11.1 Å². The maximum atomic E-state index is 12.8. The number of carbonyl (C=O) groups excluding carboxylic acids is 1. The lowest BCUT2D eigenvalue weighted by Crippen LogP contribution is -2.30. The van der Waals surface area contributed by atoms with Gasteiger partial charge in [-0.3, -0.25) is 14.6 Å². The first-order valence-electron chi connectivity index (χ1n) is 8.28. The van der Waals surface area contributed by atoms with Gasteiger partial charge in [0, 0.05) is 35.8 Å². The fourth-order valence-corrected chi connectivity index (χ4v) is 3.36. The Bertz CT molecular complexity index is 1140. The molecule has 4 rings (SSSR count). The molecule has 0 spiro atoms. The number of nitrogens with one attached hydrogen (secondary N) is 1. The number of thiazole rings is 1. The molecule has 0 fully saturated rings. The Morgan fingerprint density at radius 1 is 1.11 bits per heavy atom. The van der Waals surface area contributed by atoms with Gasteiger partial charge in [-0.25, -0.2) is 9.67 Å². The van der Waals surface area contributed by atoms with E-state index in [0.29, 0.717) is 16.9 Å². The molecule has 0 aliphatic carbocycles. The summed E-state index contributed by atoms with van der Waals surface area (Å²) in [4.78, 5) is 33.2. The maximum Gasteiger partial charge on any atom is 0.275 e. The monoisotopic (exact) mass is 377 g/mol. The molecule has 0 aliphatic rings. The first-order chi connectivity index (χ1) is 13.2. The summed E-state index contributed by atoms with van der Waals surface area (Å²) in [5.41, 5.74) is 1.41. The van der Waals surface area contributed by atoms with Gasteiger partial charge < -0.3 is 5.32 Å². The number of carbonyl (C=O) groups is 1. The largest absolute Gasteiger partial charge is 0.300 e. The molecule has 1 N–H and O–H groups in total. The Balaban J connectivity index is 1.71. The molecule has 0 saturated heterocycles. The topological polar surface area (TPSA) is 89.8 Å². The number of amides is 1. The minimum Gasteiger partial charge on any atom is -0.300 e. The van der Waals surface area contributed by atoms with Gasteiger partial charge in [0.25, 0.3) is 5.56 Å². The predicted molar refractivity (Wildman–Crippen MR) is 104 cm³/mol. The van der Waals surface area contributed by atoms with E-state index in [1.165, 1.54) is 16.0 Å². The fraction of sp³-hybridized carbons (Fsp3) is 0.105. The summed E-state index contributed by atoms with van der Waals surface area (Å²) in [6.07, 6.45) is 5.59. The van der Waals surface area contributed by atoms with Gasteiger partial charge in [-0.2, -0.15) is 5.10 Å². The van der Waals surface area contributed by atoms with Crippen LogP contribution in [0.5, 0.6) is 0 Å². The van der Waals surface area contributed by atoms with E-state index in [-0.39, 0.29) is 18.0 Å². The fourth-order valence-electron chi connectivity index (χ4n) is 2.82. The third-order valence-electron chi connectivity index (χ3n) is 4.01. The highest BCUT2D eigenvalue weighted by molar-refractivity contribution is 7.13. The van der Waals surface area contributed by atoms with Crippen molar-refractivity contribution in [2.45, 2.75) is 13.0 Å². The molecule has 3 aromatic heterocycles. The van der Waals surface area contributed by atoms with Crippen molar-refractivity contribution >= 4 is 33.1 Å². The summed E-state index contributed by atoms with van der Waals surface area (Å²) in [6.45, 7) is -0.177. The molecule has 1 aromatic carbocycles. The van der Waals surface area contributed by atoms with E-state index in [4.69, 9.17) is 0 Å². The number of aromatic nitrogens is 4. The summed E-state index contributed by atoms with van der Waals surface area (Å²) in [5.74, 6) is -0.345. The predicted octanol–water partition coefficient (Wildman–Crippen LogP) is 2.48. The number of nitrogens with zero attached hydrogens (tertiary/aromatic N) is 4. The SMILES string of the molecule is O=C(Cn1nc(Cc2cccnc2)c2ccccc2c1=O)Nc1nccs1. The first-order valence-corrected chi connectivity index (χ1v) is 9.15. The van der Waals surface area contributed by atoms with Gasteiger partial charge >= 0.3 is 0 Å². The molecule has 8 heteroatoms. The van der Waals surface area contributed by atoms with Gasteiger partial charge in [0.15, 0.2) is 5.13 Å². The summed E-state index contributed by atoms with van der Waals surface area (Å²) < 4.78 is 1.21. The van der Waals surface area contributed by atoms with Crippen LogP contribution in [0.25, 0.3) is 10.8 Å². The lowest BCUT2D eigenvalue weighted by atomic mass is 10.1. The molecule has 1 amide bonds. The molecule has 27 heavy (non-hydrogen) atoms. The van der Waals surface area contributed by atoms with E-state index in [0.717, 1.165) is 16.6 Å². The van der Waals surface area contributed by atoms with Crippen LogP contribution in [0.2, 0.25) is 0 Å². The average Bonchev–Trinajstić information content (AvgIpc) is 3.19. The minimum absolute atomic E-state index is 0.177. The molecule has 0 saturated carbocycles. The van der Waals surface area contributed by atoms with E-state index in [2.05, 4.69) is 20.4 Å². The Kier molecular flexibility index (Phi) is 4.71. The zero-order chi connectivity index (χ0) is 18.6. The van der Waals surface area contributed by atoms with Crippen molar-refractivity contribution in [1.82, 2.24) is 19.7 Å². The van der Waals surface area contributed by atoms with Gasteiger partial charge in [0.1, 0.15) is 6.54 Å². The van der Waals surface area contributed by atoms with Crippen molar-refractivity contribution in [2.24, 2.45) is 0 Å². The number of fused-ring (bicyclic) bond motifs is 1. The summed E-state index contributed by atoms with van der Waals surface area (Å²) >= 11 is 1.32. The number of benzene rings is 1. The second-order valence-corrected chi connectivity index (χ2v) is 6.77. The number of hydrogen-bond donors (Lipinski definition) is 1. The second kappa shape index (κ2) is 7.46. The summed E-state index contributed by atoms with van der Waals surface area (Å²) in [6, 6.07) is 11.1. The van der Waals surface area contributed by atoms with Crippen LogP contribution in [0, 0.1) is 0 Å². The van der Waals surface area contributed by atoms with Crippen molar-refractivity contribution in [3.05, 3.63) is 82.0 Å². The zero-order valence-electron chi connectivity index (χ0n) is 14.2. The molecule has 0 radical (unpaired) electrons. The lowest BCUT2D eigenvalue weighted by Gasteiger charge is -2.11. The van der Waals surface area contributed by atoms with Crippen LogP contribution in [-0.4, -0.2) is 25.7 Å². The van der Waals surface area contributed by atoms with E-state index in [1.807, 2.05) is 24.3 Å². The van der Waals surface area contributed by atoms with Crippen LogP contribution in [0.15, 0.2) is 65.2 Å². The third-order valence-corrected chi connectivity index (χ3v) is 4.70. The van der Waals surface area contributed by atoms with Crippen LogP contribution < -0.4 is 10.9 Å². The average molecular weight is 377 g/mol. The zero-order valence-corrected chi connectivity index (χ0v) is 15.0. The number of pyridine rings is 1. The van der Waals surface area contributed by atoms with Gasteiger partial charge in [-0.15, -0.1) is 11.3 Å². The van der Waals surface area contributed by atoms with E-state index < -0.39 is 0 Å². The number of hydrogen-bond acceptors (Lipinski definition) is 6. The van der Waals surface area contributed by atoms with E-state index in [9.17, 15) is 9.59 Å². The number of anilines is 1. The van der Waals surface area contributed by atoms with Crippen LogP contribution in [0.3, 0.4) is 0 Å². The van der Waals surface area contributed by atoms with Gasteiger partial charge in [-0.05, 0) is 17.7 Å². The van der Waals surface area contributed by atoms with Crippen molar-refractivity contribution in [2.75, 3.05) is 5.32 Å². The second-order valence-electron chi connectivity index (χ2n) is 5.88. The molecule has 7 nitrogen and oxygen atoms in total. The quantitative estimate of drug-likeness (QED) is 0.577. The molecular weight excluding hydrogens is 362 g/mol.